The molecule has 1 atom stereocenters. The van der Waals surface area contributed by atoms with Crippen LogP contribution < -0.4 is 10.1 Å². The fourth-order valence-corrected chi connectivity index (χ4v) is 2.43. The molecule has 0 fully saturated rings. The van der Waals surface area contributed by atoms with Crippen LogP contribution in [0.5, 0.6) is 5.75 Å². The molecular weight excluding hydrogens is 318 g/mol. The molecule has 1 aromatic rings. The standard InChI is InChI=1S/C20H33NO4/c1-5-7-8-13-20(3,25-14-6-2)19(22)21-17-9-11-18(12-10-17)24-16-15-23-4/h9-12H,5-8,13-16H2,1-4H3,(H,21,22)/t20-/m1/s1. The van der Waals surface area contributed by atoms with Gasteiger partial charge in [-0.05, 0) is 44.0 Å². The lowest BCUT2D eigenvalue weighted by Gasteiger charge is -2.28. The van der Waals surface area contributed by atoms with Crippen LogP contribution in [-0.4, -0.2) is 38.4 Å². The summed E-state index contributed by atoms with van der Waals surface area (Å²) in [6.07, 6.45) is 4.83. The summed E-state index contributed by atoms with van der Waals surface area (Å²) in [5.41, 5.74) is -0.0513. The van der Waals surface area contributed by atoms with Crippen LogP contribution in [0.15, 0.2) is 24.3 Å². The van der Waals surface area contributed by atoms with Crippen LogP contribution in [0.1, 0.15) is 52.9 Å². The van der Waals surface area contributed by atoms with E-state index >= 15 is 0 Å². The van der Waals surface area contributed by atoms with Gasteiger partial charge in [0, 0.05) is 19.4 Å². The van der Waals surface area contributed by atoms with Crippen molar-refractivity contribution in [2.24, 2.45) is 0 Å². The Hall–Kier alpha value is -1.59. The smallest absolute Gasteiger partial charge is 0.256 e. The second-order valence-electron chi connectivity index (χ2n) is 6.36. The Labute approximate surface area is 152 Å². The fraction of sp³-hybridized carbons (Fsp3) is 0.650. The Morgan fingerprint density at radius 2 is 1.76 bits per heavy atom. The largest absolute Gasteiger partial charge is 0.491 e. The number of nitrogens with one attached hydrogen (secondary N) is 1. The van der Waals surface area contributed by atoms with Gasteiger partial charge in [-0.3, -0.25) is 4.79 Å². The quantitative estimate of drug-likeness (QED) is 0.535. The predicted octanol–water partition coefficient (Wildman–Crippen LogP) is 4.42. The van der Waals surface area contributed by atoms with E-state index in [1.165, 1.54) is 0 Å². The Morgan fingerprint density at radius 1 is 1.04 bits per heavy atom. The van der Waals surface area contributed by atoms with E-state index in [0.717, 1.165) is 43.5 Å². The number of anilines is 1. The average molecular weight is 351 g/mol. The fourth-order valence-electron chi connectivity index (χ4n) is 2.43. The van der Waals surface area contributed by atoms with E-state index in [0.29, 0.717) is 19.8 Å². The number of hydrogen-bond acceptors (Lipinski definition) is 4. The lowest BCUT2D eigenvalue weighted by molar-refractivity contribution is -0.140. The molecule has 142 valence electrons. The molecule has 5 nitrogen and oxygen atoms in total. The second kappa shape index (κ2) is 11.9. The van der Waals surface area contributed by atoms with Gasteiger partial charge in [0.05, 0.1) is 6.61 Å². The highest BCUT2D eigenvalue weighted by atomic mass is 16.5. The predicted molar refractivity (Wildman–Crippen MR) is 101 cm³/mol. The van der Waals surface area contributed by atoms with Crippen molar-refractivity contribution < 1.29 is 19.0 Å². The van der Waals surface area contributed by atoms with Crippen LogP contribution in [0.25, 0.3) is 0 Å². The topological polar surface area (TPSA) is 56.8 Å². The summed E-state index contributed by atoms with van der Waals surface area (Å²) in [6.45, 7) is 7.72. The molecule has 0 aliphatic rings. The molecule has 0 spiro atoms. The number of amides is 1. The van der Waals surface area contributed by atoms with Gasteiger partial charge < -0.3 is 19.5 Å². The van der Waals surface area contributed by atoms with Crippen LogP contribution in [0, 0.1) is 0 Å². The van der Waals surface area contributed by atoms with Crippen LogP contribution in [0.4, 0.5) is 5.69 Å². The Morgan fingerprint density at radius 3 is 2.36 bits per heavy atom. The van der Waals surface area contributed by atoms with Gasteiger partial charge in [-0.2, -0.15) is 0 Å². The molecular formula is C20H33NO4. The number of benzene rings is 1. The maximum Gasteiger partial charge on any atom is 0.256 e. The van der Waals surface area contributed by atoms with Crippen molar-refractivity contribution in [2.45, 2.75) is 58.5 Å². The zero-order chi connectivity index (χ0) is 18.5. The second-order valence-corrected chi connectivity index (χ2v) is 6.36. The number of ether oxygens (including phenoxy) is 3. The Kier molecular flexibility index (Phi) is 10.2. The summed E-state index contributed by atoms with van der Waals surface area (Å²) in [7, 11) is 1.64. The van der Waals surface area contributed by atoms with Crippen molar-refractivity contribution in [3.05, 3.63) is 24.3 Å². The van der Waals surface area contributed by atoms with Crippen molar-refractivity contribution in [3.8, 4) is 5.75 Å². The van der Waals surface area contributed by atoms with Gasteiger partial charge in [0.2, 0.25) is 0 Å². The highest BCUT2D eigenvalue weighted by Gasteiger charge is 2.33. The van der Waals surface area contributed by atoms with Crippen molar-refractivity contribution >= 4 is 11.6 Å². The van der Waals surface area contributed by atoms with E-state index in [1.54, 1.807) is 7.11 Å². The van der Waals surface area contributed by atoms with Crippen molar-refractivity contribution in [2.75, 3.05) is 32.2 Å². The van der Waals surface area contributed by atoms with Crippen molar-refractivity contribution in [1.82, 2.24) is 0 Å². The third-order valence-corrected chi connectivity index (χ3v) is 4.03. The minimum atomic E-state index is -0.793. The van der Waals surface area contributed by atoms with E-state index in [1.807, 2.05) is 38.1 Å². The molecule has 1 aromatic carbocycles. The summed E-state index contributed by atoms with van der Waals surface area (Å²) in [4.78, 5) is 12.7. The number of unbranched alkanes of at least 4 members (excludes halogenated alkanes) is 2. The number of hydrogen-bond donors (Lipinski definition) is 1. The molecule has 25 heavy (non-hydrogen) atoms. The lowest BCUT2D eigenvalue weighted by atomic mass is 9.96. The van der Waals surface area contributed by atoms with Crippen molar-refractivity contribution in [1.29, 1.82) is 0 Å². The number of rotatable bonds is 13. The molecule has 5 heteroatoms. The first kappa shape index (κ1) is 21.5. The zero-order valence-electron chi connectivity index (χ0n) is 16.1. The summed E-state index contributed by atoms with van der Waals surface area (Å²) in [5.74, 6) is 0.660. The van der Waals surface area contributed by atoms with Gasteiger partial charge >= 0.3 is 0 Å². The summed E-state index contributed by atoms with van der Waals surface area (Å²) < 4.78 is 16.4. The van der Waals surface area contributed by atoms with Gasteiger partial charge in [0.1, 0.15) is 18.0 Å². The molecule has 0 aliphatic heterocycles. The number of methoxy groups -OCH3 is 1. The van der Waals surface area contributed by atoms with E-state index in [4.69, 9.17) is 14.2 Å². The van der Waals surface area contributed by atoms with E-state index in [9.17, 15) is 4.79 Å². The van der Waals surface area contributed by atoms with E-state index < -0.39 is 5.60 Å². The molecule has 1 rings (SSSR count). The monoisotopic (exact) mass is 351 g/mol. The first-order valence-corrected chi connectivity index (χ1v) is 9.23. The van der Waals surface area contributed by atoms with Crippen LogP contribution >= 0.6 is 0 Å². The first-order valence-electron chi connectivity index (χ1n) is 9.23. The molecule has 0 saturated carbocycles. The normalized spacial score (nSPS) is 13.3. The SMILES string of the molecule is CCCCC[C@@](C)(OCCC)C(=O)Nc1ccc(OCCOC)cc1. The molecule has 0 aliphatic carbocycles. The summed E-state index contributed by atoms with van der Waals surface area (Å²) >= 11 is 0. The molecule has 0 heterocycles. The van der Waals surface area contributed by atoms with Crippen molar-refractivity contribution in [3.63, 3.8) is 0 Å². The highest BCUT2D eigenvalue weighted by molar-refractivity contribution is 5.97. The Bertz CT molecular complexity index is 489. The van der Waals surface area contributed by atoms with Crippen LogP contribution in [0.2, 0.25) is 0 Å². The summed E-state index contributed by atoms with van der Waals surface area (Å²) in [5, 5.41) is 2.97. The number of carbonyl (C=O) groups is 1. The zero-order valence-corrected chi connectivity index (χ0v) is 16.1. The van der Waals surface area contributed by atoms with Gasteiger partial charge in [-0.25, -0.2) is 0 Å². The maximum absolute atomic E-state index is 12.7. The van der Waals surface area contributed by atoms with Crippen LogP contribution in [0.3, 0.4) is 0 Å². The number of carbonyl (C=O) groups excluding carboxylic acids is 1. The minimum absolute atomic E-state index is 0.0925. The van der Waals surface area contributed by atoms with Gasteiger partial charge in [0.25, 0.3) is 5.91 Å². The molecule has 1 amide bonds. The van der Waals surface area contributed by atoms with Gasteiger partial charge in [-0.15, -0.1) is 0 Å². The molecule has 0 saturated heterocycles. The summed E-state index contributed by atoms with van der Waals surface area (Å²) in [6, 6.07) is 7.36. The molecule has 1 N–H and O–H groups in total. The average Bonchev–Trinajstić information content (AvgIpc) is 2.62. The molecule has 0 aromatic heterocycles. The maximum atomic E-state index is 12.7. The van der Waals surface area contributed by atoms with Gasteiger partial charge in [-0.1, -0.05) is 33.1 Å². The highest BCUT2D eigenvalue weighted by Crippen LogP contribution is 2.23. The van der Waals surface area contributed by atoms with Crippen LogP contribution in [-0.2, 0) is 14.3 Å². The first-order chi connectivity index (χ1) is 12.1. The molecule has 0 radical (unpaired) electrons. The third kappa shape index (κ3) is 7.88. The minimum Gasteiger partial charge on any atom is -0.491 e. The van der Waals surface area contributed by atoms with Gasteiger partial charge in [0.15, 0.2) is 0 Å². The van der Waals surface area contributed by atoms with E-state index in [-0.39, 0.29) is 5.91 Å². The molecule has 0 unspecified atom stereocenters. The molecule has 0 bridgehead atoms. The van der Waals surface area contributed by atoms with E-state index in [2.05, 4.69) is 12.2 Å². The Balaban J connectivity index is 2.64. The third-order valence-electron chi connectivity index (χ3n) is 4.03. The lowest BCUT2D eigenvalue weighted by Crippen LogP contribution is -2.43.